The predicted octanol–water partition coefficient (Wildman–Crippen LogP) is 4.62. The number of methoxy groups -OCH3 is 1. The maximum absolute atomic E-state index is 12.7. The third-order valence-electron chi connectivity index (χ3n) is 5.27. The Balaban J connectivity index is 1.39. The van der Waals surface area contributed by atoms with Crippen LogP contribution in [0, 0.1) is 0 Å². The molecule has 2 saturated heterocycles. The van der Waals surface area contributed by atoms with Crippen molar-refractivity contribution in [2.45, 2.75) is 12.8 Å². The van der Waals surface area contributed by atoms with Crippen LogP contribution in [-0.4, -0.2) is 48.7 Å². The van der Waals surface area contributed by atoms with E-state index in [1.165, 1.54) is 26.0 Å². The quantitative estimate of drug-likeness (QED) is 0.619. The fraction of sp³-hybridized carbons (Fsp3) is 0.261. The highest BCUT2D eigenvalue weighted by molar-refractivity contribution is 8.18. The molecule has 0 bridgehead atoms. The van der Waals surface area contributed by atoms with Gasteiger partial charge in [-0.3, -0.25) is 19.3 Å². The summed E-state index contributed by atoms with van der Waals surface area (Å²) >= 11 is 6.90. The second-order valence-electron chi connectivity index (χ2n) is 7.45. The van der Waals surface area contributed by atoms with E-state index in [1.54, 1.807) is 18.2 Å². The molecule has 2 aliphatic rings. The molecular weight excluding hydrogens is 450 g/mol. The number of nitrogens with zero attached hydrogens (tertiary/aromatic N) is 2. The number of carbonyl (C=O) groups is 3. The van der Waals surface area contributed by atoms with Gasteiger partial charge in [0.2, 0.25) is 5.91 Å². The van der Waals surface area contributed by atoms with Crippen LogP contribution in [0.2, 0.25) is 5.02 Å². The number of thioether (sulfide) groups is 1. The number of imide groups is 1. The van der Waals surface area contributed by atoms with Crippen molar-refractivity contribution < 1.29 is 19.1 Å². The van der Waals surface area contributed by atoms with E-state index < -0.39 is 17.1 Å². The predicted molar refractivity (Wildman–Crippen MR) is 127 cm³/mol. The molecule has 32 heavy (non-hydrogen) atoms. The highest BCUT2D eigenvalue weighted by Crippen LogP contribution is 2.33. The fourth-order valence-corrected chi connectivity index (χ4v) is 4.73. The van der Waals surface area contributed by atoms with Crippen LogP contribution in [0.25, 0.3) is 6.08 Å². The summed E-state index contributed by atoms with van der Waals surface area (Å²) in [6.45, 7) is 1.74. The van der Waals surface area contributed by atoms with Crippen molar-refractivity contribution >= 4 is 57.9 Å². The number of nitrogens with one attached hydrogen (secondary N) is 1. The topological polar surface area (TPSA) is 79.0 Å². The van der Waals surface area contributed by atoms with Crippen LogP contribution in [0.15, 0.2) is 47.4 Å². The first-order chi connectivity index (χ1) is 15.4. The summed E-state index contributed by atoms with van der Waals surface area (Å²) in [4.78, 5) is 41.0. The Hall–Kier alpha value is -2.97. The van der Waals surface area contributed by atoms with Gasteiger partial charge < -0.3 is 15.0 Å². The molecule has 0 aliphatic carbocycles. The normalized spacial score (nSPS) is 17.4. The minimum atomic E-state index is -0.496. The molecule has 0 aromatic heterocycles. The first-order valence-electron chi connectivity index (χ1n) is 10.2. The van der Waals surface area contributed by atoms with Gasteiger partial charge in [-0.25, -0.2) is 0 Å². The van der Waals surface area contributed by atoms with E-state index >= 15 is 0 Å². The average molecular weight is 472 g/mol. The summed E-state index contributed by atoms with van der Waals surface area (Å²) in [5.74, 6) is -0.495. The molecule has 7 nitrogen and oxygen atoms in total. The maximum Gasteiger partial charge on any atom is 0.294 e. The van der Waals surface area contributed by atoms with Crippen LogP contribution < -0.4 is 15.0 Å². The number of anilines is 2. The van der Waals surface area contributed by atoms with Gasteiger partial charge in [-0.05, 0) is 66.6 Å². The second-order valence-corrected chi connectivity index (χ2v) is 8.85. The SMILES string of the molecule is COc1ccc(NC(=O)CN2C(=O)SC(=Cc3ccc(N4CCCC4)cc3)C2=O)cc1Cl. The number of ether oxygens (including phenoxy) is 1. The highest BCUT2D eigenvalue weighted by atomic mass is 35.5. The van der Waals surface area contributed by atoms with Crippen LogP contribution in [0.3, 0.4) is 0 Å². The van der Waals surface area contributed by atoms with Gasteiger partial charge in [-0.15, -0.1) is 0 Å². The largest absolute Gasteiger partial charge is 0.495 e. The van der Waals surface area contributed by atoms with Crippen LogP contribution in [0.1, 0.15) is 18.4 Å². The summed E-state index contributed by atoms with van der Waals surface area (Å²) in [6.07, 6.45) is 4.09. The maximum atomic E-state index is 12.7. The zero-order chi connectivity index (χ0) is 22.7. The molecule has 0 unspecified atom stereocenters. The van der Waals surface area contributed by atoms with Crippen molar-refractivity contribution in [3.8, 4) is 5.75 Å². The summed E-state index contributed by atoms with van der Waals surface area (Å²) in [6, 6.07) is 12.7. The van der Waals surface area contributed by atoms with Gasteiger partial charge in [0.15, 0.2) is 0 Å². The molecule has 3 amide bonds. The van der Waals surface area contributed by atoms with E-state index in [4.69, 9.17) is 16.3 Å². The Kier molecular flexibility index (Phi) is 6.72. The Morgan fingerprint density at radius 2 is 1.88 bits per heavy atom. The van der Waals surface area contributed by atoms with Crippen LogP contribution >= 0.6 is 23.4 Å². The van der Waals surface area contributed by atoms with Crippen molar-refractivity contribution in [1.82, 2.24) is 4.90 Å². The number of carbonyl (C=O) groups excluding carboxylic acids is 3. The molecule has 1 N–H and O–H groups in total. The van der Waals surface area contributed by atoms with Crippen LogP contribution in [0.4, 0.5) is 16.2 Å². The molecule has 0 atom stereocenters. The number of halogens is 1. The van der Waals surface area contributed by atoms with E-state index in [9.17, 15) is 14.4 Å². The lowest BCUT2D eigenvalue weighted by Gasteiger charge is -2.17. The summed E-state index contributed by atoms with van der Waals surface area (Å²) in [7, 11) is 1.49. The molecule has 2 fully saturated rings. The monoisotopic (exact) mass is 471 g/mol. The molecule has 9 heteroatoms. The summed E-state index contributed by atoms with van der Waals surface area (Å²) in [5, 5.41) is 2.51. The molecule has 0 saturated carbocycles. The minimum absolute atomic E-state index is 0.296. The first-order valence-corrected chi connectivity index (χ1v) is 11.4. The molecule has 2 aromatic rings. The Morgan fingerprint density at radius 1 is 1.16 bits per heavy atom. The molecule has 2 heterocycles. The van der Waals surface area contributed by atoms with Gasteiger partial charge in [0.1, 0.15) is 12.3 Å². The van der Waals surface area contributed by atoms with Gasteiger partial charge in [0, 0.05) is 24.5 Å². The van der Waals surface area contributed by atoms with Gasteiger partial charge >= 0.3 is 0 Å². The highest BCUT2D eigenvalue weighted by Gasteiger charge is 2.36. The number of hydrogen-bond acceptors (Lipinski definition) is 6. The summed E-state index contributed by atoms with van der Waals surface area (Å²) < 4.78 is 5.08. The molecule has 0 spiro atoms. The standard InChI is InChI=1S/C23H22ClN3O4S/c1-31-19-9-6-16(13-18(19)24)25-21(28)14-27-22(29)20(32-23(27)30)12-15-4-7-17(8-5-15)26-10-2-3-11-26/h4-9,12-13H,2-3,10-11,14H2,1H3,(H,25,28). The van der Waals surface area contributed by atoms with Crippen molar-refractivity contribution in [2.75, 3.05) is 37.0 Å². The number of rotatable bonds is 6. The average Bonchev–Trinajstić information content (AvgIpc) is 3.40. The second kappa shape index (κ2) is 9.67. The lowest BCUT2D eigenvalue weighted by molar-refractivity contribution is -0.127. The molecule has 4 rings (SSSR count). The Labute approximate surface area is 195 Å². The lowest BCUT2D eigenvalue weighted by atomic mass is 10.2. The van der Waals surface area contributed by atoms with Crippen molar-refractivity contribution in [3.05, 3.63) is 58.0 Å². The van der Waals surface area contributed by atoms with E-state index in [0.717, 1.165) is 41.0 Å². The van der Waals surface area contributed by atoms with Gasteiger partial charge in [-0.1, -0.05) is 23.7 Å². The molecule has 166 valence electrons. The van der Waals surface area contributed by atoms with E-state index in [0.29, 0.717) is 21.4 Å². The van der Waals surface area contributed by atoms with Gasteiger partial charge in [-0.2, -0.15) is 0 Å². The molecular formula is C23H22ClN3O4S. The Bertz CT molecular complexity index is 1080. The number of amides is 3. The summed E-state index contributed by atoms with van der Waals surface area (Å²) in [5.41, 5.74) is 2.43. The number of hydrogen-bond donors (Lipinski definition) is 1. The van der Waals surface area contributed by atoms with Gasteiger partial charge in [0.25, 0.3) is 11.1 Å². The van der Waals surface area contributed by atoms with E-state index in [1.807, 2.05) is 24.3 Å². The molecule has 0 radical (unpaired) electrons. The smallest absolute Gasteiger partial charge is 0.294 e. The fourth-order valence-electron chi connectivity index (χ4n) is 3.63. The zero-order valence-electron chi connectivity index (χ0n) is 17.5. The first kappa shape index (κ1) is 22.2. The zero-order valence-corrected chi connectivity index (χ0v) is 19.0. The van der Waals surface area contributed by atoms with E-state index in [-0.39, 0.29) is 6.54 Å². The Morgan fingerprint density at radius 3 is 2.53 bits per heavy atom. The van der Waals surface area contributed by atoms with Crippen molar-refractivity contribution in [3.63, 3.8) is 0 Å². The molecule has 2 aliphatic heterocycles. The van der Waals surface area contributed by atoms with Crippen LogP contribution in [-0.2, 0) is 9.59 Å². The lowest BCUT2D eigenvalue weighted by Crippen LogP contribution is -2.36. The third kappa shape index (κ3) is 4.92. The number of benzene rings is 2. The third-order valence-corrected chi connectivity index (χ3v) is 6.48. The molecule has 2 aromatic carbocycles. The van der Waals surface area contributed by atoms with E-state index in [2.05, 4.69) is 10.2 Å². The van der Waals surface area contributed by atoms with Crippen LogP contribution in [0.5, 0.6) is 5.75 Å². The van der Waals surface area contributed by atoms with Crippen molar-refractivity contribution in [2.24, 2.45) is 0 Å². The minimum Gasteiger partial charge on any atom is -0.495 e. The van der Waals surface area contributed by atoms with Gasteiger partial charge in [0.05, 0.1) is 17.0 Å². The van der Waals surface area contributed by atoms with Crippen molar-refractivity contribution in [1.29, 1.82) is 0 Å².